The van der Waals surface area contributed by atoms with Crippen LogP contribution in [0.3, 0.4) is 0 Å². The molecule has 0 radical (unpaired) electrons. The van der Waals surface area contributed by atoms with Gasteiger partial charge in [0.1, 0.15) is 11.9 Å². The third kappa shape index (κ3) is 2.93. The fourth-order valence-corrected chi connectivity index (χ4v) is 2.30. The molecule has 6 nitrogen and oxygen atoms in total. The number of nitrogens with one attached hydrogen (secondary N) is 1. The van der Waals surface area contributed by atoms with Crippen LogP contribution in [0.2, 0.25) is 0 Å². The molecule has 0 unspecified atom stereocenters. The smallest absolute Gasteiger partial charge is 0.338 e. The third-order valence-electron chi connectivity index (χ3n) is 3.53. The van der Waals surface area contributed by atoms with Crippen LogP contribution in [0.1, 0.15) is 29.8 Å². The summed E-state index contributed by atoms with van der Waals surface area (Å²) in [5.41, 5.74) is 0.345. The number of halogens is 1. The van der Waals surface area contributed by atoms with E-state index < -0.39 is 23.9 Å². The number of ether oxygens (including phenoxy) is 1. The quantitative estimate of drug-likeness (QED) is 0.678. The highest BCUT2D eigenvalue weighted by molar-refractivity contribution is 6.04. The highest BCUT2D eigenvalue weighted by atomic mass is 19.1. The van der Waals surface area contributed by atoms with Crippen molar-refractivity contribution in [1.82, 2.24) is 10.2 Å². The van der Waals surface area contributed by atoms with Crippen molar-refractivity contribution in [2.75, 3.05) is 7.11 Å². The molecule has 7 heteroatoms. The summed E-state index contributed by atoms with van der Waals surface area (Å²) >= 11 is 0. The van der Waals surface area contributed by atoms with Gasteiger partial charge in [-0.25, -0.2) is 14.0 Å². The van der Waals surface area contributed by atoms with Crippen LogP contribution in [-0.4, -0.2) is 36.0 Å². The third-order valence-corrected chi connectivity index (χ3v) is 3.53. The summed E-state index contributed by atoms with van der Waals surface area (Å²) in [5.74, 6) is -1.72. The van der Waals surface area contributed by atoms with E-state index in [2.05, 4.69) is 10.1 Å². The average Bonchev–Trinajstić information content (AvgIpc) is 2.76. The molecule has 1 atom stereocenters. The van der Waals surface area contributed by atoms with Crippen LogP contribution in [-0.2, 0) is 16.1 Å². The number of rotatable bonds is 4. The van der Waals surface area contributed by atoms with E-state index in [-0.39, 0.29) is 23.9 Å². The van der Waals surface area contributed by atoms with Crippen LogP contribution >= 0.6 is 0 Å². The maximum atomic E-state index is 13.3. The van der Waals surface area contributed by atoms with E-state index in [1.165, 1.54) is 19.2 Å². The molecular formula is C15H17FN2O4. The van der Waals surface area contributed by atoms with E-state index in [9.17, 15) is 18.8 Å². The standard InChI is InChI=1S/C15H17FN2O4/c1-8(2)12-13(19)18(15(21)17-12)7-9-4-5-10(16)6-11(9)14(20)22-3/h4-6,8,12H,7H2,1-3H3,(H,17,21)/t12-/m0/s1. The summed E-state index contributed by atoms with van der Waals surface area (Å²) in [4.78, 5) is 36.9. The predicted octanol–water partition coefficient (Wildman–Crippen LogP) is 1.69. The SMILES string of the molecule is COC(=O)c1cc(F)ccc1CN1C(=O)N[C@@H](C(C)C)C1=O. The van der Waals surface area contributed by atoms with Gasteiger partial charge in [-0.1, -0.05) is 19.9 Å². The first-order valence-corrected chi connectivity index (χ1v) is 6.83. The van der Waals surface area contributed by atoms with E-state index in [0.29, 0.717) is 5.56 Å². The second-order valence-corrected chi connectivity index (χ2v) is 5.39. The lowest BCUT2D eigenvalue weighted by atomic mass is 10.0. The summed E-state index contributed by atoms with van der Waals surface area (Å²) in [6, 6.07) is 2.45. The van der Waals surface area contributed by atoms with Gasteiger partial charge >= 0.3 is 12.0 Å². The number of urea groups is 1. The Morgan fingerprint density at radius 2 is 2.09 bits per heavy atom. The molecule has 1 saturated heterocycles. The average molecular weight is 308 g/mol. The van der Waals surface area contributed by atoms with Gasteiger partial charge in [-0.2, -0.15) is 0 Å². The molecule has 2 rings (SSSR count). The van der Waals surface area contributed by atoms with Gasteiger partial charge in [0.15, 0.2) is 0 Å². The Labute approximate surface area is 127 Å². The zero-order chi connectivity index (χ0) is 16.4. The minimum absolute atomic E-state index is 0.00361. The molecule has 1 heterocycles. The number of imide groups is 1. The Hall–Kier alpha value is -2.44. The highest BCUT2D eigenvalue weighted by Gasteiger charge is 2.39. The molecule has 1 fully saturated rings. The highest BCUT2D eigenvalue weighted by Crippen LogP contribution is 2.20. The number of hydrogen-bond acceptors (Lipinski definition) is 4. The van der Waals surface area contributed by atoms with Crippen LogP contribution in [0.15, 0.2) is 18.2 Å². The van der Waals surface area contributed by atoms with Gasteiger partial charge in [-0.15, -0.1) is 0 Å². The van der Waals surface area contributed by atoms with E-state index in [1.54, 1.807) is 0 Å². The van der Waals surface area contributed by atoms with Crippen molar-refractivity contribution in [3.63, 3.8) is 0 Å². The molecule has 0 aromatic heterocycles. The normalized spacial score (nSPS) is 17.9. The van der Waals surface area contributed by atoms with Crippen molar-refractivity contribution in [2.24, 2.45) is 5.92 Å². The van der Waals surface area contributed by atoms with Crippen LogP contribution in [0.25, 0.3) is 0 Å². The van der Waals surface area contributed by atoms with Gasteiger partial charge in [0.25, 0.3) is 5.91 Å². The first kappa shape index (κ1) is 15.9. The maximum Gasteiger partial charge on any atom is 0.338 e. The molecule has 3 amide bonds. The molecule has 1 aliphatic rings. The molecular weight excluding hydrogens is 291 g/mol. The van der Waals surface area contributed by atoms with Crippen molar-refractivity contribution in [2.45, 2.75) is 26.4 Å². The summed E-state index contributed by atoms with van der Waals surface area (Å²) in [6.07, 6.45) is 0. The zero-order valence-corrected chi connectivity index (χ0v) is 12.6. The fraction of sp³-hybridized carbons (Fsp3) is 0.400. The number of benzene rings is 1. The zero-order valence-electron chi connectivity index (χ0n) is 12.6. The number of hydrogen-bond donors (Lipinski definition) is 1. The number of amides is 3. The first-order valence-electron chi connectivity index (χ1n) is 6.83. The Balaban J connectivity index is 2.29. The molecule has 118 valence electrons. The summed E-state index contributed by atoms with van der Waals surface area (Å²) < 4.78 is 17.9. The molecule has 0 saturated carbocycles. The van der Waals surface area contributed by atoms with Crippen molar-refractivity contribution < 1.29 is 23.5 Å². The van der Waals surface area contributed by atoms with E-state index in [0.717, 1.165) is 11.0 Å². The van der Waals surface area contributed by atoms with Gasteiger partial charge in [0, 0.05) is 0 Å². The van der Waals surface area contributed by atoms with Crippen LogP contribution in [0.4, 0.5) is 9.18 Å². The molecule has 22 heavy (non-hydrogen) atoms. The van der Waals surface area contributed by atoms with Gasteiger partial charge in [0.2, 0.25) is 0 Å². The first-order chi connectivity index (χ1) is 10.3. The minimum atomic E-state index is -0.720. The number of carbonyl (C=O) groups excluding carboxylic acids is 3. The van der Waals surface area contributed by atoms with Crippen molar-refractivity contribution in [3.8, 4) is 0 Å². The summed E-state index contributed by atoms with van der Waals surface area (Å²) in [6.45, 7) is 3.53. The molecule has 0 bridgehead atoms. The van der Waals surface area contributed by atoms with Crippen molar-refractivity contribution in [1.29, 1.82) is 0 Å². The molecule has 1 aromatic carbocycles. The van der Waals surface area contributed by atoms with Gasteiger partial charge in [-0.3, -0.25) is 9.69 Å². The van der Waals surface area contributed by atoms with Crippen molar-refractivity contribution in [3.05, 3.63) is 35.1 Å². The second kappa shape index (κ2) is 6.13. The van der Waals surface area contributed by atoms with E-state index >= 15 is 0 Å². The molecule has 0 spiro atoms. The topological polar surface area (TPSA) is 75.7 Å². The number of methoxy groups -OCH3 is 1. The summed E-state index contributed by atoms with van der Waals surface area (Å²) in [5, 5.41) is 2.59. The number of carbonyl (C=O) groups is 3. The number of esters is 1. The lowest BCUT2D eigenvalue weighted by molar-refractivity contribution is -0.128. The Morgan fingerprint density at radius 3 is 2.64 bits per heavy atom. The fourth-order valence-electron chi connectivity index (χ4n) is 2.30. The largest absolute Gasteiger partial charge is 0.465 e. The Kier molecular flexibility index (Phi) is 4.44. The van der Waals surface area contributed by atoms with E-state index in [1.807, 2.05) is 13.8 Å². The van der Waals surface area contributed by atoms with Gasteiger partial charge < -0.3 is 10.1 Å². The van der Waals surface area contributed by atoms with E-state index in [4.69, 9.17) is 0 Å². The van der Waals surface area contributed by atoms with Crippen LogP contribution < -0.4 is 5.32 Å². The second-order valence-electron chi connectivity index (χ2n) is 5.39. The monoisotopic (exact) mass is 308 g/mol. The summed E-state index contributed by atoms with van der Waals surface area (Å²) in [7, 11) is 1.18. The van der Waals surface area contributed by atoms with Crippen molar-refractivity contribution >= 4 is 17.9 Å². The molecule has 1 aliphatic heterocycles. The van der Waals surface area contributed by atoms with Gasteiger partial charge in [0.05, 0.1) is 19.2 Å². The lowest BCUT2D eigenvalue weighted by Crippen LogP contribution is -2.34. The Morgan fingerprint density at radius 1 is 1.41 bits per heavy atom. The van der Waals surface area contributed by atoms with Crippen LogP contribution in [0, 0.1) is 11.7 Å². The molecule has 1 N–H and O–H groups in total. The van der Waals surface area contributed by atoms with Crippen LogP contribution in [0.5, 0.6) is 0 Å². The predicted molar refractivity (Wildman–Crippen MR) is 75.4 cm³/mol. The number of nitrogens with zero attached hydrogens (tertiary/aromatic N) is 1. The molecule has 1 aromatic rings. The molecule has 0 aliphatic carbocycles. The maximum absolute atomic E-state index is 13.3. The Bertz CT molecular complexity index is 630. The van der Waals surface area contributed by atoms with Gasteiger partial charge in [-0.05, 0) is 23.6 Å². The minimum Gasteiger partial charge on any atom is -0.465 e. The lowest BCUT2D eigenvalue weighted by Gasteiger charge is -2.16.